The fourth-order valence-electron chi connectivity index (χ4n) is 2.10. The third-order valence-corrected chi connectivity index (χ3v) is 3.75. The second-order valence-electron chi connectivity index (χ2n) is 4.96. The first-order valence-electron chi connectivity index (χ1n) is 6.69. The van der Waals surface area contributed by atoms with Crippen molar-refractivity contribution in [3.63, 3.8) is 0 Å². The van der Waals surface area contributed by atoms with Gasteiger partial charge in [-0.3, -0.25) is 0 Å². The summed E-state index contributed by atoms with van der Waals surface area (Å²) in [5, 5.41) is 5.81. The van der Waals surface area contributed by atoms with Gasteiger partial charge in [-0.25, -0.2) is 0 Å². The predicted octanol–water partition coefficient (Wildman–Crippen LogP) is 3.93. The van der Waals surface area contributed by atoms with Gasteiger partial charge >= 0.3 is 0 Å². The summed E-state index contributed by atoms with van der Waals surface area (Å²) in [7, 11) is 0. The zero-order chi connectivity index (χ0) is 13.8. The summed E-state index contributed by atoms with van der Waals surface area (Å²) >= 11 is 5.12. The first-order chi connectivity index (χ1) is 9.13. The van der Waals surface area contributed by atoms with Gasteiger partial charge in [0.25, 0.3) is 0 Å². The maximum absolute atomic E-state index is 5.78. The molecule has 2 nitrogen and oxygen atoms in total. The number of fused-ring (bicyclic) bond motifs is 1. The molecule has 0 aliphatic carbocycles. The smallest absolute Gasteiger partial charge is 0.104 e. The molecule has 2 aromatic carbocycles. The molecule has 0 radical (unpaired) electrons. The monoisotopic (exact) mass is 272 g/mol. The molecule has 0 aliphatic rings. The topological polar surface area (TPSA) is 38.0 Å². The minimum absolute atomic E-state index is 0.449. The van der Waals surface area contributed by atoms with Crippen LogP contribution in [0.5, 0.6) is 0 Å². The van der Waals surface area contributed by atoms with Crippen LogP contribution in [-0.2, 0) is 0 Å². The molecule has 0 amide bonds. The van der Waals surface area contributed by atoms with Crippen LogP contribution >= 0.6 is 12.2 Å². The van der Waals surface area contributed by atoms with Crippen molar-refractivity contribution in [1.82, 2.24) is 0 Å². The summed E-state index contributed by atoms with van der Waals surface area (Å²) < 4.78 is 0. The normalized spacial score (nSPS) is 12.3. The summed E-state index contributed by atoms with van der Waals surface area (Å²) in [5.74, 6) is 0.661. The fourth-order valence-corrected chi connectivity index (χ4v) is 2.27. The Labute approximate surface area is 120 Å². The molecule has 2 rings (SSSR count). The largest absolute Gasteiger partial charge is 0.389 e. The van der Waals surface area contributed by atoms with E-state index in [4.69, 9.17) is 18.0 Å². The molecule has 19 heavy (non-hydrogen) atoms. The van der Waals surface area contributed by atoms with E-state index in [-0.39, 0.29) is 0 Å². The molecular weight excluding hydrogens is 252 g/mol. The molecule has 1 unspecified atom stereocenters. The van der Waals surface area contributed by atoms with E-state index in [2.05, 4.69) is 37.4 Å². The number of hydrogen-bond acceptors (Lipinski definition) is 2. The van der Waals surface area contributed by atoms with E-state index < -0.39 is 0 Å². The number of benzene rings is 2. The maximum Gasteiger partial charge on any atom is 0.104 e. The van der Waals surface area contributed by atoms with Crippen LogP contribution in [0.4, 0.5) is 5.69 Å². The molecule has 0 aliphatic heterocycles. The molecule has 2 aromatic rings. The molecule has 0 saturated carbocycles. The van der Waals surface area contributed by atoms with Crippen molar-refractivity contribution in [2.24, 2.45) is 11.7 Å². The van der Waals surface area contributed by atoms with Gasteiger partial charge in [0, 0.05) is 23.2 Å². The van der Waals surface area contributed by atoms with Crippen molar-refractivity contribution in [2.75, 3.05) is 11.9 Å². The van der Waals surface area contributed by atoms with E-state index in [0.29, 0.717) is 10.9 Å². The van der Waals surface area contributed by atoms with Crippen molar-refractivity contribution in [1.29, 1.82) is 0 Å². The predicted molar refractivity (Wildman–Crippen MR) is 87.8 cm³/mol. The first-order valence-corrected chi connectivity index (χ1v) is 7.09. The zero-order valence-corrected chi connectivity index (χ0v) is 12.3. The van der Waals surface area contributed by atoms with Gasteiger partial charge in [0.15, 0.2) is 0 Å². The van der Waals surface area contributed by atoms with E-state index in [1.165, 1.54) is 11.8 Å². The second-order valence-corrected chi connectivity index (χ2v) is 5.40. The van der Waals surface area contributed by atoms with Gasteiger partial charge in [-0.05, 0) is 23.4 Å². The lowest BCUT2D eigenvalue weighted by molar-refractivity contribution is 0.594. The van der Waals surface area contributed by atoms with Crippen LogP contribution in [0.15, 0.2) is 36.4 Å². The lowest BCUT2D eigenvalue weighted by Gasteiger charge is -2.15. The molecule has 0 fully saturated rings. The highest BCUT2D eigenvalue weighted by Crippen LogP contribution is 2.27. The van der Waals surface area contributed by atoms with Crippen LogP contribution in [0, 0.1) is 5.92 Å². The number of hydrogen-bond donors (Lipinski definition) is 2. The van der Waals surface area contributed by atoms with Gasteiger partial charge in [-0.1, -0.05) is 56.8 Å². The number of nitrogens with one attached hydrogen (secondary N) is 1. The summed E-state index contributed by atoms with van der Waals surface area (Å²) in [6.45, 7) is 5.44. The molecule has 0 bridgehead atoms. The molecule has 0 saturated heterocycles. The van der Waals surface area contributed by atoms with Gasteiger partial charge in [0.05, 0.1) is 0 Å². The van der Waals surface area contributed by atoms with E-state index in [1.807, 2.05) is 18.2 Å². The third-order valence-electron chi connectivity index (χ3n) is 3.53. The Kier molecular flexibility index (Phi) is 4.38. The van der Waals surface area contributed by atoms with Gasteiger partial charge in [0.2, 0.25) is 0 Å². The SMILES string of the molecule is CCC(C)CNc1ccc(C(N)=S)c2ccccc12. The number of nitrogens with two attached hydrogens (primary N) is 1. The lowest BCUT2D eigenvalue weighted by atomic mass is 10.0. The third kappa shape index (κ3) is 3.04. The molecule has 0 aromatic heterocycles. The highest BCUT2D eigenvalue weighted by Gasteiger charge is 2.08. The number of anilines is 1. The van der Waals surface area contributed by atoms with Crippen LogP contribution in [0.2, 0.25) is 0 Å². The molecule has 100 valence electrons. The molecule has 1 atom stereocenters. The van der Waals surface area contributed by atoms with Crippen molar-refractivity contribution < 1.29 is 0 Å². The average Bonchev–Trinajstić information content (AvgIpc) is 2.43. The molecule has 0 spiro atoms. The Hall–Kier alpha value is -1.61. The molecule has 0 heterocycles. The van der Waals surface area contributed by atoms with E-state index >= 15 is 0 Å². The van der Waals surface area contributed by atoms with Crippen LogP contribution in [-0.4, -0.2) is 11.5 Å². The van der Waals surface area contributed by atoms with Crippen molar-refractivity contribution in [3.8, 4) is 0 Å². The summed E-state index contributed by atoms with van der Waals surface area (Å²) in [6, 6.07) is 12.3. The van der Waals surface area contributed by atoms with Crippen LogP contribution in [0.1, 0.15) is 25.8 Å². The van der Waals surface area contributed by atoms with Gasteiger partial charge in [0.1, 0.15) is 4.99 Å². The van der Waals surface area contributed by atoms with E-state index in [1.54, 1.807) is 0 Å². The summed E-state index contributed by atoms with van der Waals surface area (Å²) in [4.78, 5) is 0.449. The Morgan fingerprint density at radius 2 is 1.89 bits per heavy atom. The van der Waals surface area contributed by atoms with Crippen LogP contribution < -0.4 is 11.1 Å². The Balaban J connectivity index is 2.41. The van der Waals surface area contributed by atoms with Crippen molar-refractivity contribution >= 4 is 33.7 Å². The highest BCUT2D eigenvalue weighted by atomic mass is 32.1. The zero-order valence-electron chi connectivity index (χ0n) is 11.4. The second kappa shape index (κ2) is 6.02. The van der Waals surface area contributed by atoms with Crippen LogP contribution in [0.25, 0.3) is 10.8 Å². The molecular formula is C16H20N2S. The molecule has 3 heteroatoms. The minimum atomic E-state index is 0.449. The fraction of sp³-hybridized carbons (Fsp3) is 0.312. The Morgan fingerprint density at radius 1 is 1.21 bits per heavy atom. The maximum atomic E-state index is 5.78. The molecule has 3 N–H and O–H groups in total. The number of rotatable bonds is 5. The first kappa shape index (κ1) is 13.8. The Morgan fingerprint density at radius 3 is 2.53 bits per heavy atom. The summed E-state index contributed by atoms with van der Waals surface area (Å²) in [5.41, 5.74) is 7.88. The van der Waals surface area contributed by atoms with E-state index in [9.17, 15) is 0 Å². The average molecular weight is 272 g/mol. The van der Waals surface area contributed by atoms with Crippen LogP contribution in [0.3, 0.4) is 0 Å². The summed E-state index contributed by atoms with van der Waals surface area (Å²) in [6.07, 6.45) is 1.18. The van der Waals surface area contributed by atoms with Gasteiger partial charge in [-0.2, -0.15) is 0 Å². The standard InChI is InChI=1S/C16H20N2S/c1-3-11(2)10-18-15-9-8-14(16(17)19)12-6-4-5-7-13(12)15/h4-9,11,18H,3,10H2,1-2H3,(H2,17,19). The van der Waals surface area contributed by atoms with Crippen molar-refractivity contribution in [2.45, 2.75) is 20.3 Å². The van der Waals surface area contributed by atoms with E-state index in [0.717, 1.165) is 23.2 Å². The quantitative estimate of drug-likeness (QED) is 0.810. The van der Waals surface area contributed by atoms with Gasteiger partial charge < -0.3 is 11.1 Å². The number of thiocarbonyl (C=S) groups is 1. The lowest BCUT2D eigenvalue weighted by Crippen LogP contribution is -2.12. The minimum Gasteiger partial charge on any atom is -0.389 e. The van der Waals surface area contributed by atoms with Crippen molar-refractivity contribution in [3.05, 3.63) is 42.0 Å². The highest BCUT2D eigenvalue weighted by molar-refractivity contribution is 7.80. The van der Waals surface area contributed by atoms with Gasteiger partial charge in [-0.15, -0.1) is 0 Å². The Bertz CT molecular complexity index is 592.